The third-order valence-corrected chi connectivity index (χ3v) is 6.88. The molecule has 120 valence electrons. The lowest BCUT2D eigenvalue weighted by Crippen LogP contribution is -2.41. The fourth-order valence-corrected chi connectivity index (χ4v) is 4.91. The predicted octanol–water partition coefficient (Wildman–Crippen LogP) is 0.410. The van der Waals surface area contributed by atoms with Gasteiger partial charge in [0.1, 0.15) is 0 Å². The summed E-state index contributed by atoms with van der Waals surface area (Å²) in [6, 6.07) is 0.523. The van der Waals surface area contributed by atoms with Crippen LogP contribution in [0.15, 0.2) is 11.2 Å². The smallest absolute Gasteiger partial charge is 0.262 e. The number of anilines is 1. The Kier molecular flexibility index (Phi) is 3.36. The van der Waals surface area contributed by atoms with Gasteiger partial charge >= 0.3 is 0 Å². The Bertz CT molecular complexity index is 789. The van der Waals surface area contributed by atoms with Crippen molar-refractivity contribution in [2.75, 3.05) is 38.3 Å². The van der Waals surface area contributed by atoms with Gasteiger partial charge in [0.05, 0.1) is 19.4 Å². The van der Waals surface area contributed by atoms with Gasteiger partial charge in [-0.25, -0.2) is 13.4 Å². The standard InChI is InChI=1S/C12H17N5O3S2/c1-15(9-2-3-9)12-14-17-10(8-13-11(17)21-12)22(18,19)16-4-6-20-7-5-16/h8-9H,2-7H2,1H3. The number of aromatic nitrogens is 3. The van der Waals surface area contributed by atoms with E-state index in [1.807, 2.05) is 7.05 Å². The fourth-order valence-electron chi connectivity index (χ4n) is 2.52. The summed E-state index contributed by atoms with van der Waals surface area (Å²) < 4.78 is 33.6. The van der Waals surface area contributed by atoms with E-state index in [-0.39, 0.29) is 5.03 Å². The molecule has 1 saturated carbocycles. The highest BCUT2D eigenvalue weighted by molar-refractivity contribution is 7.89. The van der Waals surface area contributed by atoms with Gasteiger partial charge in [-0.3, -0.25) is 0 Å². The van der Waals surface area contributed by atoms with E-state index in [1.54, 1.807) is 0 Å². The summed E-state index contributed by atoms with van der Waals surface area (Å²) in [4.78, 5) is 6.93. The Morgan fingerprint density at radius 3 is 2.77 bits per heavy atom. The minimum atomic E-state index is -3.58. The van der Waals surface area contributed by atoms with Crippen LogP contribution >= 0.6 is 11.3 Å². The van der Waals surface area contributed by atoms with Crippen LogP contribution in [0.3, 0.4) is 0 Å². The number of morpholine rings is 1. The van der Waals surface area contributed by atoms with Crippen LogP contribution in [-0.2, 0) is 14.8 Å². The average Bonchev–Trinajstić information content (AvgIpc) is 3.16. The van der Waals surface area contributed by atoms with Gasteiger partial charge in [0.25, 0.3) is 10.0 Å². The lowest BCUT2D eigenvalue weighted by atomic mass is 10.5. The lowest BCUT2D eigenvalue weighted by molar-refractivity contribution is 0.0729. The quantitative estimate of drug-likeness (QED) is 0.800. The van der Waals surface area contributed by atoms with Crippen molar-refractivity contribution in [1.82, 2.24) is 18.9 Å². The van der Waals surface area contributed by atoms with Gasteiger partial charge in [-0.05, 0) is 12.8 Å². The molecule has 0 bridgehead atoms. The molecule has 0 radical (unpaired) electrons. The van der Waals surface area contributed by atoms with E-state index in [4.69, 9.17) is 4.74 Å². The first kappa shape index (κ1) is 14.4. The number of rotatable bonds is 4. The van der Waals surface area contributed by atoms with Gasteiger partial charge in [0, 0.05) is 26.2 Å². The molecule has 4 rings (SSSR count). The molecule has 0 unspecified atom stereocenters. The van der Waals surface area contributed by atoms with Crippen molar-refractivity contribution in [2.24, 2.45) is 0 Å². The van der Waals surface area contributed by atoms with Crippen LogP contribution in [0.2, 0.25) is 0 Å². The SMILES string of the molecule is CN(c1nn2c(S(=O)(=O)N3CCOCC3)cnc2s1)C1CC1. The highest BCUT2D eigenvalue weighted by Gasteiger charge is 2.32. The van der Waals surface area contributed by atoms with Crippen molar-refractivity contribution in [1.29, 1.82) is 0 Å². The van der Waals surface area contributed by atoms with Crippen molar-refractivity contribution >= 4 is 31.5 Å². The zero-order chi connectivity index (χ0) is 15.3. The zero-order valence-corrected chi connectivity index (χ0v) is 13.8. The summed E-state index contributed by atoms with van der Waals surface area (Å²) >= 11 is 1.42. The van der Waals surface area contributed by atoms with Crippen LogP contribution in [-0.4, -0.2) is 66.7 Å². The van der Waals surface area contributed by atoms with E-state index in [0.29, 0.717) is 37.3 Å². The second kappa shape index (κ2) is 5.15. The largest absolute Gasteiger partial charge is 0.379 e. The molecule has 2 aliphatic rings. The van der Waals surface area contributed by atoms with Crippen LogP contribution in [0.1, 0.15) is 12.8 Å². The number of hydrogen-bond donors (Lipinski definition) is 0. The molecular formula is C12H17N5O3S2. The maximum absolute atomic E-state index is 12.7. The van der Waals surface area contributed by atoms with Crippen molar-refractivity contribution in [3.05, 3.63) is 6.20 Å². The summed E-state index contributed by atoms with van der Waals surface area (Å²) in [6.45, 7) is 1.59. The molecular weight excluding hydrogens is 326 g/mol. The third kappa shape index (κ3) is 2.30. The van der Waals surface area contributed by atoms with Crippen molar-refractivity contribution in [3.63, 3.8) is 0 Å². The van der Waals surface area contributed by atoms with E-state index in [0.717, 1.165) is 18.0 Å². The summed E-state index contributed by atoms with van der Waals surface area (Å²) in [5.74, 6) is 0. The van der Waals surface area contributed by atoms with E-state index >= 15 is 0 Å². The topological polar surface area (TPSA) is 80.0 Å². The van der Waals surface area contributed by atoms with Gasteiger partial charge in [0.15, 0.2) is 5.03 Å². The summed E-state index contributed by atoms with van der Waals surface area (Å²) in [5.41, 5.74) is 0. The molecule has 2 fully saturated rings. The number of imidazole rings is 1. The van der Waals surface area contributed by atoms with Gasteiger partial charge < -0.3 is 9.64 Å². The Labute approximate surface area is 132 Å². The molecule has 0 aromatic carbocycles. The predicted molar refractivity (Wildman–Crippen MR) is 81.9 cm³/mol. The number of nitrogens with zero attached hydrogens (tertiary/aromatic N) is 5. The van der Waals surface area contributed by atoms with E-state index < -0.39 is 10.0 Å². The van der Waals surface area contributed by atoms with E-state index in [1.165, 1.54) is 26.4 Å². The number of sulfonamides is 1. The maximum Gasteiger partial charge on any atom is 0.262 e. The molecule has 0 spiro atoms. The summed E-state index contributed by atoms with van der Waals surface area (Å²) in [5, 5.41) is 5.40. The second-order valence-corrected chi connectivity index (χ2v) is 8.35. The normalized spacial score (nSPS) is 20.6. The van der Waals surface area contributed by atoms with Crippen LogP contribution in [0.25, 0.3) is 4.96 Å². The monoisotopic (exact) mass is 343 g/mol. The minimum Gasteiger partial charge on any atom is -0.379 e. The molecule has 2 aromatic rings. The first-order valence-electron chi connectivity index (χ1n) is 7.22. The highest BCUT2D eigenvalue weighted by Crippen LogP contribution is 2.33. The molecule has 1 aliphatic carbocycles. The van der Waals surface area contributed by atoms with Gasteiger partial charge in [-0.2, -0.15) is 8.82 Å². The molecule has 3 heterocycles. The maximum atomic E-state index is 12.7. The number of fused-ring (bicyclic) bond motifs is 1. The number of hydrogen-bond acceptors (Lipinski definition) is 7. The Balaban J connectivity index is 1.71. The molecule has 0 atom stereocenters. The van der Waals surface area contributed by atoms with E-state index in [2.05, 4.69) is 15.0 Å². The van der Waals surface area contributed by atoms with Crippen molar-refractivity contribution in [3.8, 4) is 0 Å². The molecule has 22 heavy (non-hydrogen) atoms. The Hall–Kier alpha value is -1.23. The average molecular weight is 343 g/mol. The minimum absolute atomic E-state index is 0.135. The molecule has 1 aliphatic heterocycles. The lowest BCUT2D eigenvalue weighted by Gasteiger charge is -2.25. The molecule has 8 nitrogen and oxygen atoms in total. The van der Waals surface area contributed by atoms with Crippen molar-refractivity contribution in [2.45, 2.75) is 23.9 Å². The van der Waals surface area contributed by atoms with Crippen molar-refractivity contribution < 1.29 is 13.2 Å². The third-order valence-electron chi connectivity index (χ3n) is 4.01. The van der Waals surface area contributed by atoms with Gasteiger partial charge in [0.2, 0.25) is 10.1 Å². The Morgan fingerprint density at radius 2 is 2.09 bits per heavy atom. The molecule has 1 saturated heterocycles. The van der Waals surface area contributed by atoms with Gasteiger partial charge in [-0.15, -0.1) is 5.10 Å². The number of ether oxygens (including phenoxy) is 1. The molecule has 0 N–H and O–H groups in total. The van der Waals surface area contributed by atoms with Crippen LogP contribution in [0, 0.1) is 0 Å². The highest BCUT2D eigenvalue weighted by atomic mass is 32.2. The van der Waals surface area contributed by atoms with Gasteiger partial charge in [-0.1, -0.05) is 11.3 Å². The zero-order valence-electron chi connectivity index (χ0n) is 12.2. The van der Waals surface area contributed by atoms with Crippen LogP contribution in [0.5, 0.6) is 0 Å². The first-order valence-corrected chi connectivity index (χ1v) is 9.48. The molecule has 2 aromatic heterocycles. The fraction of sp³-hybridized carbons (Fsp3) is 0.667. The Morgan fingerprint density at radius 1 is 1.36 bits per heavy atom. The van der Waals surface area contributed by atoms with Crippen LogP contribution < -0.4 is 4.90 Å². The second-order valence-electron chi connectivity index (χ2n) is 5.53. The molecule has 0 amide bonds. The summed E-state index contributed by atoms with van der Waals surface area (Å²) in [6.07, 6.45) is 3.72. The molecule has 10 heteroatoms. The summed E-state index contributed by atoms with van der Waals surface area (Å²) in [7, 11) is -1.59. The van der Waals surface area contributed by atoms with E-state index in [9.17, 15) is 8.42 Å². The first-order chi connectivity index (χ1) is 10.6. The van der Waals surface area contributed by atoms with Crippen LogP contribution in [0.4, 0.5) is 5.13 Å².